The molecule has 25 heavy (non-hydrogen) atoms. The van der Waals surface area contributed by atoms with Gasteiger partial charge >= 0.3 is 0 Å². The first-order valence-corrected chi connectivity index (χ1v) is 8.36. The summed E-state index contributed by atoms with van der Waals surface area (Å²) in [7, 11) is 1.62. The third-order valence-corrected chi connectivity index (χ3v) is 4.13. The zero-order valence-electron chi connectivity index (χ0n) is 14.3. The summed E-state index contributed by atoms with van der Waals surface area (Å²) in [5.74, 6) is -0.0850. The fourth-order valence-corrected chi connectivity index (χ4v) is 2.80. The Bertz CT molecular complexity index is 742. The number of benzene rings is 1. The number of methoxy groups -OCH3 is 1. The van der Waals surface area contributed by atoms with Gasteiger partial charge in [0, 0.05) is 46.1 Å². The molecule has 2 aromatic rings. The van der Waals surface area contributed by atoms with Gasteiger partial charge in [0.15, 0.2) is 5.82 Å². The molecule has 0 saturated heterocycles. The third-order valence-electron chi connectivity index (χ3n) is 4.13. The van der Waals surface area contributed by atoms with Crippen LogP contribution in [0.4, 0.5) is 0 Å². The van der Waals surface area contributed by atoms with Crippen LogP contribution in [0.2, 0.25) is 0 Å². The maximum absolute atomic E-state index is 12.7. The van der Waals surface area contributed by atoms with Crippen LogP contribution in [0.15, 0.2) is 36.5 Å². The quantitative estimate of drug-likeness (QED) is 0.770. The van der Waals surface area contributed by atoms with Crippen LogP contribution >= 0.6 is 0 Å². The van der Waals surface area contributed by atoms with Crippen molar-refractivity contribution in [1.82, 2.24) is 19.8 Å². The highest BCUT2D eigenvalue weighted by molar-refractivity contribution is 5.96. The van der Waals surface area contributed by atoms with Crippen molar-refractivity contribution in [2.24, 2.45) is 0 Å². The van der Waals surface area contributed by atoms with Crippen LogP contribution in [-0.4, -0.2) is 53.1 Å². The number of carbonyl (C=O) groups is 2. The van der Waals surface area contributed by atoms with Crippen LogP contribution in [0.1, 0.15) is 33.1 Å². The van der Waals surface area contributed by atoms with Crippen molar-refractivity contribution in [2.75, 3.05) is 26.8 Å². The lowest BCUT2D eigenvalue weighted by molar-refractivity contribution is 0.0683. The molecule has 1 aromatic heterocycles. The molecule has 0 bridgehead atoms. The molecule has 1 aromatic carbocycles. The average Bonchev–Trinajstić information content (AvgIpc) is 3.07. The maximum atomic E-state index is 12.7. The Morgan fingerprint density at radius 2 is 2.08 bits per heavy atom. The minimum atomic E-state index is -0.264. The first-order valence-electron chi connectivity index (χ1n) is 8.36. The van der Waals surface area contributed by atoms with Crippen LogP contribution in [0.5, 0.6) is 0 Å². The van der Waals surface area contributed by atoms with Crippen molar-refractivity contribution >= 4 is 11.8 Å². The van der Waals surface area contributed by atoms with Crippen LogP contribution < -0.4 is 5.32 Å². The van der Waals surface area contributed by atoms with Crippen molar-refractivity contribution in [3.8, 4) is 0 Å². The Hall–Kier alpha value is -2.67. The molecule has 0 spiro atoms. The Labute approximate surface area is 146 Å². The molecule has 1 aliphatic rings. The van der Waals surface area contributed by atoms with E-state index in [1.807, 2.05) is 30.3 Å². The lowest BCUT2D eigenvalue weighted by Crippen LogP contribution is -2.39. The van der Waals surface area contributed by atoms with Crippen LogP contribution in [0.25, 0.3) is 0 Å². The second-order valence-corrected chi connectivity index (χ2v) is 5.96. The van der Waals surface area contributed by atoms with Gasteiger partial charge in [0.1, 0.15) is 5.69 Å². The monoisotopic (exact) mass is 342 g/mol. The molecule has 7 nitrogen and oxygen atoms in total. The number of rotatable bonds is 7. The van der Waals surface area contributed by atoms with Gasteiger partial charge in [-0.25, -0.2) is 4.98 Å². The summed E-state index contributed by atoms with van der Waals surface area (Å²) in [5, 5.41) is 2.79. The first kappa shape index (κ1) is 17.2. The fourth-order valence-electron chi connectivity index (χ4n) is 2.80. The molecule has 132 valence electrons. The lowest BCUT2D eigenvalue weighted by atomic mass is 10.2. The van der Waals surface area contributed by atoms with Crippen LogP contribution in [-0.2, 0) is 17.8 Å². The summed E-state index contributed by atoms with van der Waals surface area (Å²) in [6.07, 6.45) is 2.39. The SMILES string of the molecule is COCCCNC(=O)c1cn2c(n1)C(=O)N(Cc1ccccc1)CC2. The van der Waals surface area contributed by atoms with Gasteiger partial charge in [0.2, 0.25) is 0 Å². The molecule has 7 heteroatoms. The lowest BCUT2D eigenvalue weighted by Gasteiger charge is -2.27. The summed E-state index contributed by atoms with van der Waals surface area (Å²) < 4.78 is 6.71. The van der Waals surface area contributed by atoms with E-state index in [1.54, 1.807) is 22.8 Å². The third kappa shape index (κ3) is 4.06. The molecular formula is C18H22N4O3. The number of carbonyl (C=O) groups excluding carboxylic acids is 2. The highest BCUT2D eigenvalue weighted by atomic mass is 16.5. The van der Waals surface area contributed by atoms with Crippen molar-refractivity contribution in [1.29, 1.82) is 0 Å². The van der Waals surface area contributed by atoms with Gasteiger partial charge < -0.3 is 19.5 Å². The summed E-state index contributed by atoms with van der Waals surface area (Å²) in [5.41, 5.74) is 1.36. The van der Waals surface area contributed by atoms with Gasteiger partial charge in [-0.05, 0) is 12.0 Å². The van der Waals surface area contributed by atoms with E-state index in [0.29, 0.717) is 38.6 Å². The summed E-state index contributed by atoms with van der Waals surface area (Å²) in [4.78, 5) is 30.8. The number of hydrogen-bond acceptors (Lipinski definition) is 4. The molecule has 0 unspecified atom stereocenters. The number of nitrogens with one attached hydrogen (secondary N) is 1. The molecule has 3 rings (SSSR count). The smallest absolute Gasteiger partial charge is 0.290 e. The van der Waals surface area contributed by atoms with E-state index in [1.165, 1.54) is 0 Å². The van der Waals surface area contributed by atoms with E-state index in [0.717, 1.165) is 12.0 Å². The van der Waals surface area contributed by atoms with Gasteiger partial charge in [-0.2, -0.15) is 0 Å². The topological polar surface area (TPSA) is 76.5 Å². The van der Waals surface area contributed by atoms with Crippen molar-refractivity contribution in [2.45, 2.75) is 19.5 Å². The Morgan fingerprint density at radius 3 is 2.84 bits per heavy atom. The molecule has 0 aliphatic carbocycles. The molecule has 2 heterocycles. The standard InChI is InChI=1S/C18H22N4O3/c1-25-11-5-8-19-17(23)15-13-21-9-10-22(18(24)16(21)20-15)12-14-6-3-2-4-7-14/h2-4,6-7,13H,5,8-12H2,1H3,(H,19,23). The largest absolute Gasteiger partial charge is 0.385 e. The van der Waals surface area contributed by atoms with Crippen LogP contribution in [0.3, 0.4) is 0 Å². The van der Waals surface area contributed by atoms with Gasteiger partial charge in [-0.15, -0.1) is 0 Å². The van der Waals surface area contributed by atoms with Crippen molar-refractivity contribution in [3.05, 3.63) is 53.6 Å². The normalized spacial score (nSPS) is 13.6. The van der Waals surface area contributed by atoms with E-state index in [9.17, 15) is 9.59 Å². The number of aromatic nitrogens is 2. The van der Waals surface area contributed by atoms with E-state index >= 15 is 0 Å². The predicted molar refractivity (Wildman–Crippen MR) is 92.2 cm³/mol. The highest BCUT2D eigenvalue weighted by Crippen LogP contribution is 2.16. The van der Waals surface area contributed by atoms with Gasteiger partial charge in [-0.3, -0.25) is 9.59 Å². The molecule has 0 radical (unpaired) electrons. The van der Waals surface area contributed by atoms with Gasteiger partial charge in [-0.1, -0.05) is 30.3 Å². The summed E-state index contributed by atoms with van der Waals surface area (Å²) in [6, 6.07) is 9.85. The average molecular weight is 342 g/mol. The fraction of sp³-hybridized carbons (Fsp3) is 0.389. The Morgan fingerprint density at radius 1 is 1.28 bits per heavy atom. The summed E-state index contributed by atoms with van der Waals surface area (Å²) >= 11 is 0. The number of imidazole rings is 1. The molecular weight excluding hydrogens is 320 g/mol. The van der Waals surface area contributed by atoms with Crippen molar-refractivity contribution in [3.63, 3.8) is 0 Å². The second kappa shape index (κ2) is 7.94. The second-order valence-electron chi connectivity index (χ2n) is 5.96. The zero-order chi connectivity index (χ0) is 17.6. The number of fused-ring (bicyclic) bond motifs is 1. The maximum Gasteiger partial charge on any atom is 0.290 e. The molecule has 1 aliphatic heterocycles. The highest BCUT2D eigenvalue weighted by Gasteiger charge is 2.28. The number of hydrogen-bond donors (Lipinski definition) is 1. The van der Waals surface area contributed by atoms with E-state index in [2.05, 4.69) is 10.3 Å². The zero-order valence-corrected chi connectivity index (χ0v) is 14.3. The van der Waals surface area contributed by atoms with Gasteiger partial charge in [0.05, 0.1) is 0 Å². The summed E-state index contributed by atoms with van der Waals surface area (Å²) in [6.45, 7) is 2.89. The van der Waals surface area contributed by atoms with Gasteiger partial charge in [0.25, 0.3) is 11.8 Å². The number of ether oxygens (including phenoxy) is 1. The Kier molecular flexibility index (Phi) is 5.45. The number of nitrogens with zero attached hydrogens (tertiary/aromatic N) is 3. The first-order chi connectivity index (χ1) is 12.2. The Balaban J connectivity index is 1.65. The molecule has 1 N–H and O–H groups in total. The molecule has 2 amide bonds. The minimum absolute atomic E-state index is 0.145. The molecule has 0 atom stereocenters. The van der Waals surface area contributed by atoms with Crippen LogP contribution in [0, 0.1) is 0 Å². The van der Waals surface area contributed by atoms with Crippen molar-refractivity contribution < 1.29 is 14.3 Å². The molecule has 0 fully saturated rings. The molecule has 0 saturated carbocycles. The van der Waals surface area contributed by atoms with E-state index in [-0.39, 0.29) is 17.5 Å². The number of amides is 2. The minimum Gasteiger partial charge on any atom is -0.385 e. The predicted octanol–water partition coefficient (Wildman–Crippen LogP) is 1.31. The van der Waals surface area contributed by atoms with E-state index < -0.39 is 0 Å². The van der Waals surface area contributed by atoms with E-state index in [4.69, 9.17) is 4.74 Å².